The molecule has 4 nitrogen and oxygen atoms in total. The lowest BCUT2D eigenvalue weighted by Gasteiger charge is -2.49. The molecule has 0 bridgehead atoms. The van der Waals surface area contributed by atoms with Gasteiger partial charge in [-0.05, 0) is 42.3 Å². The minimum atomic E-state index is -0.137. The summed E-state index contributed by atoms with van der Waals surface area (Å²) in [6.45, 7) is 0.715. The van der Waals surface area contributed by atoms with Crippen molar-refractivity contribution in [3.63, 3.8) is 0 Å². The zero-order valence-electron chi connectivity index (χ0n) is 9.96. The molecular weight excluding hydrogens is 182 g/mol. The predicted molar refractivity (Wildman–Crippen MR) is 59.7 cm³/mol. The molecular formula is C8H23N3OSi. The average Bonchev–Trinajstić information content (AvgIpc) is 1.97. The van der Waals surface area contributed by atoms with Gasteiger partial charge in [0.2, 0.25) is 0 Å². The van der Waals surface area contributed by atoms with Crippen LogP contribution in [0.15, 0.2) is 0 Å². The highest BCUT2D eigenvalue weighted by Crippen LogP contribution is 2.17. The zero-order chi connectivity index (χ0) is 10.6. The highest BCUT2D eigenvalue weighted by molar-refractivity contribution is 5.97. The lowest BCUT2D eigenvalue weighted by Crippen LogP contribution is -2.66. The van der Waals surface area contributed by atoms with Crippen LogP contribution in [0.3, 0.4) is 0 Å². The van der Waals surface area contributed by atoms with Gasteiger partial charge in [-0.3, -0.25) is 14.7 Å². The lowest BCUT2D eigenvalue weighted by molar-refractivity contribution is -0.131. The van der Waals surface area contributed by atoms with Crippen LogP contribution in [0.1, 0.15) is 0 Å². The highest BCUT2D eigenvalue weighted by atomic mass is 28.2. The first kappa shape index (κ1) is 13.1. The van der Waals surface area contributed by atoms with E-state index in [-0.39, 0.29) is 5.79 Å². The zero-order valence-corrected chi connectivity index (χ0v) is 12.0. The molecule has 0 aliphatic carbocycles. The topological polar surface area (TPSA) is 19.0 Å². The molecule has 13 heavy (non-hydrogen) atoms. The van der Waals surface area contributed by atoms with Crippen molar-refractivity contribution in [3.8, 4) is 0 Å². The first-order valence-electron chi connectivity index (χ1n) is 4.40. The lowest BCUT2D eigenvalue weighted by atomic mass is 10.2. The molecule has 0 aromatic carbocycles. The maximum atomic E-state index is 5.41. The maximum Gasteiger partial charge on any atom is 0.152 e. The van der Waals surface area contributed by atoms with Crippen LogP contribution in [-0.2, 0) is 4.43 Å². The van der Waals surface area contributed by atoms with Crippen molar-refractivity contribution in [1.82, 2.24) is 14.7 Å². The van der Waals surface area contributed by atoms with E-state index in [0.717, 1.165) is 10.5 Å². The summed E-state index contributed by atoms with van der Waals surface area (Å²) in [6.07, 6.45) is 0. The molecule has 0 atom stereocenters. The Labute approximate surface area is 85.0 Å². The monoisotopic (exact) mass is 205 g/mol. The molecule has 0 amide bonds. The number of hydrogen-bond donors (Lipinski definition) is 0. The SMILES string of the molecule is CN(C)C(CO[SiH3])(N(C)C)N(C)C. The number of hydrogen-bond acceptors (Lipinski definition) is 4. The number of nitrogens with zero attached hydrogens (tertiary/aromatic N) is 3. The van der Waals surface area contributed by atoms with Crippen LogP contribution >= 0.6 is 0 Å². The second-order valence-electron chi connectivity index (χ2n) is 3.89. The molecule has 0 N–H and O–H groups in total. The molecule has 0 aliphatic rings. The molecule has 0 spiro atoms. The highest BCUT2D eigenvalue weighted by Gasteiger charge is 2.37. The van der Waals surface area contributed by atoms with Gasteiger partial charge in [-0.15, -0.1) is 0 Å². The molecule has 0 heterocycles. The van der Waals surface area contributed by atoms with E-state index in [2.05, 4.69) is 57.0 Å². The van der Waals surface area contributed by atoms with Crippen LogP contribution in [-0.4, -0.2) is 79.9 Å². The third-order valence-electron chi connectivity index (χ3n) is 2.49. The molecule has 0 saturated carbocycles. The van der Waals surface area contributed by atoms with Gasteiger partial charge in [0, 0.05) is 0 Å². The second-order valence-corrected chi connectivity index (χ2v) is 4.47. The molecule has 80 valence electrons. The van der Waals surface area contributed by atoms with Gasteiger partial charge in [0.25, 0.3) is 0 Å². The van der Waals surface area contributed by atoms with E-state index >= 15 is 0 Å². The summed E-state index contributed by atoms with van der Waals surface area (Å²) in [5.74, 6) is -0.137. The third kappa shape index (κ3) is 2.51. The van der Waals surface area contributed by atoms with Gasteiger partial charge in [-0.25, -0.2) is 0 Å². The first-order chi connectivity index (χ1) is 5.89. The van der Waals surface area contributed by atoms with Crippen LogP contribution < -0.4 is 0 Å². The van der Waals surface area contributed by atoms with E-state index in [4.69, 9.17) is 4.43 Å². The van der Waals surface area contributed by atoms with Crippen LogP contribution in [0.5, 0.6) is 0 Å². The van der Waals surface area contributed by atoms with Crippen LogP contribution in [0.2, 0.25) is 0 Å². The summed E-state index contributed by atoms with van der Waals surface area (Å²) in [6, 6.07) is 0. The van der Waals surface area contributed by atoms with Gasteiger partial charge >= 0.3 is 0 Å². The third-order valence-corrected chi connectivity index (χ3v) is 2.78. The fraction of sp³-hybridized carbons (Fsp3) is 1.00. The van der Waals surface area contributed by atoms with Crippen molar-refractivity contribution in [2.75, 3.05) is 48.9 Å². The van der Waals surface area contributed by atoms with Gasteiger partial charge < -0.3 is 4.43 Å². The summed E-state index contributed by atoms with van der Waals surface area (Å²) in [5, 5.41) is 0. The summed E-state index contributed by atoms with van der Waals surface area (Å²) in [5.41, 5.74) is 0. The Bertz CT molecular complexity index is 129. The van der Waals surface area contributed by atoms with E-state index in [0.29, 0.717) is 6.61 Å². The Morgan fingerprint density at radius 2 is 1.23 bits per heavy atom. The fourth-order valence-electron chi connectivity index (χ4n) is 1.78. The van der Waals surface area contributed by atoms with Crippen molar-refractivity contribution < 1.29 is 4.43 Å². The standard InChI is InChI=1S/C8H23N3OSi/c1-9(2)8(7-12-13,10(3)4)11(5)6/h7H2,1-6,13H3. The minimum Gasteiger partial charge on any atom is -0.423 e. The van der Waals surface area contributed by atoms with Crippen molar-refractivity contribution in [1.29, 1.82) is 0 Å². The Morgan fingerprint density at radius 3 is 1.31 bits per heavy atom. The van der Waals surface area contributed by atoms with E-state index in [1.54, 1.807) is 0 Å². The molecule has 0 radical (unpaired) electrons. The van der Waals surface area contributed by atoms with Crippen molar-refractivity contribution in [2.24, 2.45) is 0 Å². The van der Waals surface area contributed by atoms with E-state index in [1.807, 2.05) is 0 Å². The Hall–Kier alpha value is 0.0569. The molecule has 0 fully saturated rings. The van der Waals surface area contributed by atoms with Gasteiger partial charge in [0.15, 0.2) is 5.79 Å². The normalized spacial score (nSPS) is 13.6. The quantitative estimate of drug-likeness (QED) is 0.407. The molecule has 0 unspecified atom stereocenters. The molecule has 5 heteroatoms. The van der Waals surface area contributed by atoms with Crippen LogP contribution in [0.4, 0.5) is 0 Å². The van der Waals surface area contributed by atoms with Crippen molar-refractivity contribution in [3.05, 3.63) is 0 Å². The van der Waals surface area contributed by atoms with Crippen molar-refractivity contribution >= 4 is 10.5 Å². The minimum absolute atomic E-state index is 0.137. The van der Waals surface area contributed by atoms with E-state index in [1.165, 1.54) is 0 Å². The summed E-state index contributed by atoms with van der Waals surface area (Å²) >= 11 is 0. The molecule has 0 aromatic heterocycles. The van der Waals surface area contributed by atoms with Gasteiger partial charge in [0.05, 0.1) is 6.61 Å². The van der Waals surface area contributed by atoms with E-state index in [9.17, 15) is 0 Å². The Balaban J connectivity index is 4.82. The number of rotatable bonds is 5. The van der Waals surface area contributed by atoms with Gasteiger partial charge in [-0.2, -0.15) is 0 Å². The Kier molecular flexibility index (Phi) is 5.09. The van der Waals surface area contributed by atoms with Crippen LogP contribution in [0, 0.1) is 0 Å². The van der Waals surface area contributed by atoms with Gasteiger partial charge in [-0.1, -0.05) is 0 Å². The first-order valence-corrected chi connectivity index (χ1v) is 5.22. The van der Waals surface area contributed by atoms with E-state index < -0.39 is 0 Å². The fourth-order valence-corrected chi connectivity index (χ4v) is 2.17. The maximum absolute atomic E-state index is 5.41. The largest absolute Gasteiger partial charge is 0.423 e. The molecule has 0 saturated heterocycles. The summed E-state index contributed by atoms with van der Waals surface area (Å²) in [7, 11) is 13.2. The summed E-state index contributed by atoms with van der Waals surface area (Å²) in [4.78, 5) is 6.51. The summed E-state index contributed by atoms with van der Waals surface area (Å²) < 4.78 is 5.41. The smallest absolute Gasteiger partial charge is 0.152 e. The molecule has 0 aliphatic heterocycles. The average molecular weight is 205 g/mol. The predicted octanol–water partition coefficient (Wildman–Crippen LogP) is -1.38. The number of likely N-dealkylation sites (N-methyl/N-ethyl adjacent to an activating group) is 3. The van der Waals surface area contributed by atoms with Crippen molar-refractivity contribution in [2.45, 2.75) is 5.79 Å². The molecule has 0 aromatic rings. The second kappa shape index (κ2) is 5.07. The van der Waals surface area contributed by atoms with Gasteiger partial charge in [0.1, 0.15) is 10.5 Å². The van der Waals surface area contributed by atoms with Crippen LogP contribution in [0.25, 0.3) is 0 Å². The Morgan fingerprint density at radius 1 is 0.923 bits per heavy atom. The molecule has 0 rings (SSSR count).